The average Bonchev–Trinajstić information content (AvgIpc) is 3.32. The standard InChI is InChI=1S/C25H20N4O/c1-18-28-23(27-29(18)21-15-9-4-10-16-21)17-22(19-11-5-2-6-12-19)24(28)25(30)26-20-13-7-3-8-14-20/h2-17H,1H3,(H-,26,27,30)/p+1. The SMILES string of the molecule is Cc1n2c(C(=O)Nc3ccccc3)c(-c3ccccc3)cc2[nH][n+]1-c1ccccc1. The zero-order valence-corrected chi connectivity index (χ0v) is 16.5. The molecule has 5 aromatic rings. The van der Waals surface area contributed by atoms with Crippen LogP contribution in [0.4, 0.5) is 5.69 Å². The van der Waals surface area contributed by atoms with E-state index < -0.39 is 0 Å². The first-order valence-corrected chi connectivity index (χ1v) is 9.86. The van der Waals surface area contributed by atoms with E-state index in [0.717, 1.165) is 34.0 Å². The fourth-order valence-corrected chi connectivity index (χ4v) is 3.83. The summed E-state index contributed by atoms with van der Waals surface area (Å²) in [5.41, 5.74) is 5.11. The highest BCUT2D eigenvalue weighted by Gasteiger charge is 2.29. The van der Waals surface area contributed by atoms with Crippen molar-refractivity contribution in [2.24, 2.45) is 0 Å². The van der Waals surface area contributed by atoms with Crippen LogP contribution in [0.2, 0.25) is 0 Å². The Balaban J connectivity index is 1.70. The van der Waals surface area contributed by atoms with E-state index in [1.807, 2.05) is 113 Å². The topological polar surface area (TPSA) is 53.2 Å². The molecular weight excluding hydrogens is 372 g/mol. The molecule has 5 rings (SSSR count). The number of rotatable bonds is 4. The number of nitrogens with zero attached hydrogens (tertiary/aromatic N) is 2. The van der Waals surface area contributed by atoms with Crippen LogP contribution in [0.25, 0.3) is 22.5 Å². The van der Waals surface area contributed by atoms with Crippen LogP contribution in [-0.2, 0) is 0 Å². The zero-order valence-electron chi connectivity index (χ0n) is 16.5. The number of H-pyrrole nitrogens is 1. The van der Waals surface area contributed by atoms with E-state index >= 15 is 0 Å². The highest BCUT2D eigenvalue weighted by molar-refractivity contribution is 6.08. The summed E-state index contributed by atoms with van der Waals surface area (Å²) in [7, 11) is 0. The second-order valence-corrected chi connectivity index (χ2v) is 7.14. The number of carbonyl (C=O) groups is 1. The molecular formula is C25H21N4O+. The summed E-state index contributed by atoms with van der Waals surface area (Å²) >= 11 is 0. The summed E-state index contributed by atoms with van der Waals surface area (Å²) in [6.07, 6.45) is 0. The Morgan fingerprint density at radius 1 is 0.867 bits per heavy atom. The van der Waals surface area contributed by atoms with Crippen molar-refractivity contribution in [1.82, 2.24) is 9.50 Å². The van der Waals surface area contributed by atoms with Gasteiger partial charge < -0.3 is 5.32 Å². The molecule has 0 radical (unpaired) electrons. The van der Waals surface area contributed by atoms with Crippen LogP contribution in [0.15, 0.2) is 97.1 Å². The number of amides is 1. The number of para-hydroxylation sites is 2. The zero-order chi connectivity index (χ0) is 20.5. The van der Waals surface area contributed by atoms with Crippen LogP contribution in [0.1, 0.15) is 16.3 Å². The Hall–Kier alpha value is -4.12. The number of anilines is 1. The van der Waals surface area contributed by atoms with Gasteiger partial charge in [0.2, 0.25) is 11.3 Å². The summed E-state index contributed by atoms with van der Waals surface area (Å²) < 4.78 is 3.97. The third-order valence-electron chi connectivity index (χ3n) is 5.22. The maximum Gasteiger partial charge on any atom is 0.296 e. The Labute approximate surface area is 174 Å². The van der Waals surface area contributed by atoms with Crippen LogP contribution in [0, 0.1) is 6.92 Å². The van der Waals surface area contributed by atoms with Crippen molar-refractivity contribution in [3.8, 4) is 16.8 Å². The van der Waals surface area contributed by atoms with Gasteiger partial charge in [0.05, 0.1) is 0 Å². The molecule has 0 saturated heterocycles. The maximum absolute atomic E-state index is 13.4. The lowest BCUT2D eigenvalue weighted by Gasteiger charge is -2.06. The van der Waals surface area contributed by atoms with Gasteiger partial charge in [0.25, 0.3) is 11.7 Å². The minimum atomic E-state index is -0.151. The monoisotopic (exact) mass is 393 g/mol. The van der Waals surface area contributed by atoms with E-state index in [1.54, 1.807) is 0 Å². The first-order chi connectivity index (χ1) is 14.7. The lowest BCUT2D eigenvalue weighted by molar-refractivity contribution is -0.662. The van der Waals surface area contributed by atoms with Crippen molar-refractivity contribution in [1.29, 1.82) is 0 Å². The number of carbonyl (C=O) groups excluding carboxylic acids is 1. The first-order valence-electron chi connectivity index (χ1n) is 9.86. The van der Waals surface area contributed by atoms with Crippen molar-refractivity contribution < 1.29 is 9.48 Å². The molecule has 0 aliphatic carbocycles. The van der Waals surface area contributed by atoms with Gasteiger partial charge in [-0.15, -0.1) is 4.68 Å². The van der Waals surface area contributed by atoms with Crippen LogP contribution in [0.3, 0.4) is 0 Å². The summed E-state index contributed by atoms with van der Waals surface area (Å²) in [5.74, 6) is 0.763. The predicted molar refractivity (Wildman–Crippen MR) is 118 cm³/mol. The predicted octanol–water partition coefficient (Wildman–Crippen LogP) is 4.77. The second kappa shape index (κ2) is 7.37. The number of hydrogen-bond acceptors (Lipinski definition) is 1. The minimum Gasteiger partial charge on any atom is -0.319 e. The Morgan fingerprint density at radius 2 is 1.47 bits per heavy atom. The van der Waals surface area contributed by atoms with E-state index in [0.29, 0.717) is 5.69 Å². The average molecular weight is 393 g/mol. The maximum atomic E-state index is 13.4. The van der Waals surface area contributed by atoms with Crippen molar-refractivity contribution in [2.75, 3.05) is 5.32 Å². The van der Waals surface area contributed by atoms with Gasteiger partial charge in [0.15, 0.2) is 5.69 Å². The molecule has 5 heteroatoms. The third-order valence-corrected chi connectivity index (χ3v) is 5.22. The van der Waals surface area contributed by atoms with Gasteiger partial charge in [-0.3, -0.25) is 4.79 Å². The van der Waals surface area contributed by atoms with E-state index in [9.17, 15) is 4.79 Å². The second-order valence-electron chi connectivity index (χ2n) is 7.14. The Morgan fingerprint density at radius 3 is 2.13 bits per heavy atom. The molecule has 2 N–H and O–H groups in total. The Bertz CT molecular complexity index is 1320. The number of aromatic nitrogens is 3. The number of nitrogens with one attached hydrogen (secondary N) is 2. The highest BCUT2D eigenvalue weighted by atomic mass is 16.2. The molecule has 0 bridgehead atoms. The molecule has 1 amide bonds. The molecule has 3 aromatic carbocycles. The van der Waals surface area contributed by atoms with Crippen molar-refractivity contribution in [3.05, 3.63) is 109 Å². The third kappa shape index (κ3) is 3.06. The van der Waals surface area contributed by atoms with Crippen molar-refractivity contribution in [3.63, 3.8) is 0 Å². The van der Waals surface area contributed by atoms with Crippen LogP contribution >= 0.6 is 0 Å². The molecule has 2 heterocycles. The van der Waals surface area contributed by atoms with E-state index in [-0.39, 0.29) is 5.91 Å². The minimum absolute atomic E-state index is 0.151. The molecule has 0 unspecified atom stereocenters. The molecule has 0 aliphatic heterocycles. The number of aryl methyl sites for hydroxylation is 1. The number of aromatic amines is 1. The van der Waals surface area contributed by atoms with Crippen LogP contribution in [0.5, 0.6) is 0 Å². The van der Waals surface area contributed by atoms with E-state index in [4.69, 9.17) is 0 Å². The van der Waals surface area contributed by atoms with Gasteiger partial charge in [-0.2, -0.15) is 9.50 Å². The lowest BCUT2D eigenvalue weighted by atomic mass is 10.1. The van der Waals surface area contributed by atoms with Crippen LogP contribution in [-0.4, -0.2) is 15.4 Å². The number of fused-ring (bicyclic) bond motifs is 1. The molecule has 30 heavy (non-hydrogen) atoms. The summed E-state index contributed by atoms with van der Waals surface area (Å²) in [6, 6.07) is 31.6. The fraction of sp³-hybridized carbons (Fsp3) is 0.0400. The molecule has 146 valence electrons. The largest absolute Gasteiger partial charge is 0.319 e. The summed E-state index contributed by atoms with van der Waals surface area (Å²) in [6.45, 7) is 2.00. The van der Waals surface area contributed by atoms with Crippen molar-refractivity contribution >= 4 is 17.2 Å². The molecule has 0 spiro atoms. The van der Waals surface area contributed by atoms with Crippen molar-refractivity contribution in [2.45, 2.75) is 6.92 Å². The molecule has 0 aliphatic rings. The molecule has 0 saturated carbocycles. The summed E-state index contributed by atoms with van der Waals surface area (Å²) in [5, 5.41) is 6.47. The van der Waals surface area contributed by atoms with Gasteiger partial charge in [-0.1, -0.05) is 66.7 Å². The normalized spacial score (nSPS) is 11.0. The fourth-order valence-electron chi connectivity index (χ4n) is 3.83. The van der Waals surface area contributed by atoms with E-state index in [1.165, 1.54) is 0 Å². The first kappa shape index (κ1) is 17.9. The van der Waals surface area contributed by atoms with Gasteiger partial charge in [-0.25, -0.2) is 0 Å². The summed E-state index contributed by atoms with van der Waals surface area (Å²) in [4.78, 5) is 13.4. The molecule has 2 aromatic heterocycles. The quantitative estimate of drug-likeness (QED) is 0.425. The van der Waals surface area contributed by atoms with Gasteiger partial charge in [0, 0.05) is 24.2 Å². The Kier molecular flexibility index (Phi) is 4.41. The highest BCUT2D eigenvalue weighted by Crippen LogP contribution is 2.28. The van der Waals surface area contributed by atoms with Gasteiger partial charge in [-0.05, 0) is 29.8 Å². The molecule has 0 atom stereocenters. The lowest BCUT2D eigenvalue weighted by Crippen LogP contribution is -2.36. The molecule has 5 nitrogen and oxygen atoms in total. The van der Waals surface area contributed by atoms with E-state index in [2.05, 4.69) is 10.4 Å². The molecule has 0 fully saturated rings. The number of benzene rings is 3. The van der Waals surface area contributed by atoms with Gasteiger partial charge >= 0.3 is 0 Å². The smallest absolute Gasteiger partial charge is 0.296 e. The van der Waals surface area contributed by atoms with Crippen LogP contribution < -0.4 is 10.00 Å². The number of hydrogen-bond donors (Lipinski definition) is 2. The van der Waals surface area contributed by atoms with Gasteiger partial charge in [0.1, 0.15) is 0 Å².